The number of aliphatic hydroxyl groups excluding tert-OH is 1. The summed E-state index contributed by atoms with van der Waals surface area (Å²) in [5.74, 6) is 0. The molecule has 2 aromatic rings. The van der Waals surface area contributed by atoms with E-state index in [1.165, 1.54) is 5.56 Å². The third-order valence-electron chi connectivity index (χ3n) is 4.61. The van der Waals surface area contributed by atoms with Gasteiger partial charge in [-0.05, 0) is 36.7 Å². The number of anilines is 1. The van der Waals surface area contributed by atoms with Crippen LogP contribution in [0.15, 0.2) is 54.6 Å². The highest BCUT2D eigenvalue weighted by molar-refractivity contribution is 7.80. The third kappa shape index (κ3) is 5.26. The Hall–Kier alpha value is -1.95. The Morgan fingerprint density at radius 3 is 2.44 bits per heavy atom. The second-order valence-corrected chi connectivity index (χ2v) is 6.86. The summed E-state index contributed by atoms with van der Waals surface area (Å²) in [5.41, 5.74) is 3.08. The maximum atomic E-state index is 9.39. The number of piperidine rings is 1. The van der Waals surface area contributed by atoms with Gasteiger partial charge < -0.3 is 15.7 Å². The lowest BCUT2D eigenvalue weighted by Gasteiger charge is -2.33. The lowest BCUT2D eigenvalue weighted by atomic mass is 10.0. The predicted octanol–water partition coefficient (Wildman–Crippen LogP) is 3.13. The van der Waals surface area contributed by atoms with Gasteiger partial charge in [-0.1, -0.05) is 48.5 Å². The van der Waals surface area contributed by atoms with E-state index in [2.05, 4.69) is 45.9 Å². The molecule has 0 atom stereocenters. The first kappa shape index (κ1) is 17.9. The van der Waals surface area contributed by atoms with Crippen molar-refractivity contribution in [3.63, 3.8) is 0 Å². The number of thiocarbonyl (C=S) groups is 1. The van der Waals surface area contributed by atoms with Gasteiger partial charge in [-0.15, -0.1) is 0 Å². The fraction of sp³-hybridized carbons (Fsp3) is 0.350. The van der Waals surface area contributed by atoms with Crippen molar-refractivity contribution in [3.05, 3.63) is 65.7 Å². The molecule has 1 heterocycles. The molecule has 4 nitrogen and oxygen atoms in total. The average Bonchev–Trinajstić information content (AvgIpc) is 2.64. The van der Waals surface area contributed by atoms with E-state index >= 15 is 0 Å². The molecule has 5 heteroatoms. The molecule has 1 aliphatic rings. The lowest BCUT2D eigenvalue weighted by Crippen LogP contribution is -2.45. The molecule has 2 aromatic carbocycles. The monoisotopic (exact) mass is 355 g/mol. The maximum Gasteiger partial charge on any atom is 0.171 e. The van der Waals surface area contributed by atoms with Crippen LogP contribution in [-0.4, -0.2) is 34.3 Å². The van der Waals surface area contributed by atoms with E-state index in [1.54, 1.807) is 0 Å². The highest BCUT2D eigenvalue weighted by Crippen LogP contribution is 2.16. The van der Waals surface area contributed by atoms with Crippen molar-refractivity contribution < 1.29 is 5.11 Å². The zero-order valence-electron chi connectivity index (χ0n) is 14.3. The van der Waals surface area contributed by atoms with Crippen molar-refractivity contribution in [3.8, 4) is 0 Å². The van der Waals surface area contributed by atoms with Crippen molar-refractivity contribution >= 4 is 23.0 Å². The Kier molecular flexibility index (Phi) is 6.39. The van der Waals surface area contributed by atoms with Crippen LogP contribution < -0.4 is 10.6 Å². The van der Waals surface area contributed by atoms with E-state index in [4.69, 9.17) is 12.2 Å². The zero-order chi connectivity index (χ0) is 17.5. The Labute approximate surface area is 154 Å². The van der Waals surface area contributed by atoms with Gasteiger partial charge in [0, 0.05) is 36.9 Å². The third-order valence-corrected chi connectivity index (χ3v) is 4.83. The molecule has 0 unspecified atom stereocenters. The van der Waals surface area contributed by atoms with E-state index in [9.17, 15) is 5.11 Å². The number of nitrogens with zero attached hydrogens (tertiary/aromatic N) is 1. The van der Waals surface area contributed by atoms with E-state index < -0.39 is 0 Å². The molecule has 132 valence electrons. The molecule has 25 heavy (non-hydrogen) atoms. The molecule has 3 N–H and O–H groups in total. The van der Waals surface area contributed by atoms with Crippen LogP contribution >= 0.6 is 12.2 Å². The number of likely N-dealkylation sites (tertiary alicyclic amines) is 1. The number of hydrogen-bond donors (Lipinski definition) is 3. The fourth-order valence-corrected chi connectivity index (χ4v) is 3.48. The number of aliphatic hydroxyl groups is 1. The van der Waals surface area contributed by atoms with Gasteiger partial charge in [0.05, 0.1) is 6.61 Å². The molecular weight excluding hydrogens is 330 g/mol. The topological polar surface area (TPSA) is 47.5 Å². The van der Waals surface area contributed by atoms with Gasteiger partial charge in [-0.3, -0.25) is 4.90 Å². The Bertz CT molecular complexity index is 684. The second kappa shape index (κ2) is 8.94. The molecule has 1 saturated heterocycles. The quantitative estimate of drug-likeness (QED) is 0.720. The molecule has 0 bridgehead atoms. The summed E-state index contributed by atoms with van der Waals surface area (Å²) in [6.07, 6.45) is 2.16. The molecule has 3 rings (SSSR count). The van der Waals surface area contributed by atoms with E-state index in [1.807, 2.05) is 24.3 Å². The highest BCUT2D eigenvalue weighted by Gasteiger charge is 2.19. The summed E-state index contributed by atoms with van der Waals surface area (Å²) >= 11 is 5.44. The second-order valence-electron chi connectivity index (χ2n) is 6.45. The summed E-state index contributed by atoms with van der Waals surface area (Å²) < 4.78 is 0. The van der Waals surface area contributed by atoms with Crippen LogP contribution in [0.3, 0.4) is 0 Å². The first-order chi connectivity index (χ1) is 12.2. The molecule has 0 spiro atoms. The van der Waals surface area contributed by atoms with E-state index in [0.717, 1.165) is 43.7 Å². The first-order valence-electron chi connectivity index (χ1n) is 8.77. The van der Waals surface area contributed by atoms with E-state index in [-0.39, 0.29) is 6.61 Å². The Morgan fingerprint density at radius 1 is 1.04 bits per heavy atom. The minimum atomic E-state index is 0.00363. The van der Waals surface area contributed by atoms with E-state index in [0.29, 0.717) is 11.2 Å². The van der Waals surface area contributed by atoms with Crippen molar-refractivity contribution in [2.75, 3.05) is 18.4 Å². The predicted molar refractivity (Wildman–Crippen MR) is 106 cm³/mol. The summed E-state index contributed by atoms with van der Waals surface area (Å²) in [6.45, 7) is 3.16. The lowest BCUT2D eigenvalue weighted by molar-refractivity contribution is 0.199. The summed E-state index contributed by atoms with van der Waals surface area (Å²) in [4.78, 5) is 2.49. The summed E-state index contributed by atoms with van der Waals surface area (Å²) in [7, 11) is 0. The van der Waals surface area contributed by atoms with Crippen LogP contribution in [0, 0.1) is 0 Å². The molecule has 1 aliphatic heterocycles. The minimum Gasteiger partial charge on any atom is -0.392 e. The SMILES string of the molecule is OCc1ccccc1NC(=S)NC1CCN(Cc2ccccc2)CC1. The van der Waals surface area contributed by atoms with Crippen molar-refractivity contribution in [1.82, 2.24) is 10.2 Å². The number of hydrogen-bond acceptors (Lipinski definition) is 3. The molecule has 0 aromatic heterocycles. The Balaban J connectivity index is 1.45. The molecule has 0 radical (unpaired) electrons. The standard InChI is InChI=1S/C20H25N3OS/c24-15-17-8-4-5-9-19(17)22-20(25)21-18-10-12-23(13-11-18)14-16-6-2-1-3-7-16/h1-9,18,24H,10-15H2,(H2,21,22,25). The number of nitrogens with one attached hydrogen (secondary N) is 2. The van der Waals surface area contributed by atoms with Crippen LogP contribution in [0.5, 0.6) is 0 Å². The molecule has 0 amide bonds. The molecular formula is C20H25N3OS. The van der Waals surface area contributed by atoms with Gasteiger partial charge in [-0.2, -0.15) is 0 Å². The minimum absolute atomic E-state index is 0.00363. The van der Waals surface area contributed by atoms with Crippen LogP contribution in [0.2, 0.25) is 0 Å². The zero-order valence-corrected chi connectivity index (χ0v) is 15.1. The van der Waals surface area contributed by atoms with Gasteiger partial charge >= 0.3 is 0 Å². The van der Waals surface area contributed by atoms with Crippen LogP contribution in [0.1, 0.15) is 24.0 Å². The number of benzene rings is 2. The Morgan fingerprint density at radius 2 is 1.72 bits per heavy atom. The van der Waals surface area contributed by atoms with Crippen molar-refractivity contribution in [2.45, 2.75) is 32.0 Å². The molecule has 0 saturated carbocycles. The highest BCUT2D eigenvalue weighted by atomic mass is 32.1. The summed E-state index contributed by atoms with van der Waals surface area (Å²) in [6, 6.07) is 18.7. The smallest absolute Gasteiger partial charge is 0.171 e. The normalized spacial score (nSPS) is 15.7. The number of para-hydroxylation sites is 1. The molecule has 1 fully saturated rings. The van der Waals surface area contributed by atoms with Crippen LogP contribution in [0.4, 0.5) is 5.69 Å². The van der Waals surface area contributed by atoms with Crippen molar-refractivity contribution in [1.29, 1.82) is 0 Å². The summed E-state index contributed by atoms with van der Waals surface area (Å²) in [5, 5.41) is 16.6. The van der Waals surface area contributed by atoms with Crippen LogP contribution in [-0.2, 0) is 13.2 Å². The van der Waals surface area contributed by atoms with Gasteiger partial charge in [0.25, 0.3) is 0 Å². The van der Waals surface area contributed by atoms with Gasteiger partial charge in [-0.25, -0.2) is 0 Å². The number of rotatable bonds is 5. The average molecular weight is 356 g/mol. The largest absolute Gasteiger partial charge is 0.392 e. The molecule has 0 aliphatic carbocycles. The van der Waals surface area contributed by atoms with Crippen molar-refractivity contribution in [2.24, 2.45) is 0 Å². The fourth-order valence-electron chi connectivity index (χ4n) is 3.20. The van der Waals surface area contributed by atoms with Gasteiger partial charge in [0.15, 0.2) is 5.11 Å². The van der Waals surface area contributed by atoms with Gasteiger partial charge in [0.2, 0.25) is 0 Å². The van der Waals surface area contributed by atoms with Crippen LogP contribution in [0.25, 0.3) is 0 Å². The first-order valence-corrected chi connectivity index (χ1v) is 9.18. The maximum absolute atomic E-state index is 9.39. The van der Waals surface area contributed by atoms with Gasteiger partial charge in [0.1, 0.15) is 0 Å².